The molecule has 20 heavy (non-hydrogen) atoms. The van der Waals surface area contributed by atoms with E-state index in [2.05, 4.69) is 10.4 Å². The Morgan fingerprint density at radius 1 is 1.60 bits per heavy atom. The third kappa shape index (κ3) is 4.00. The highest BCUT2D eigenvalue weighted by Gasteiger charge is 2.35. The predicted molar refractivity (Wildman–Crippen MR) is 71.3 cm³/mol. The summed E-state index contributed by atoms with van der Waals surface area (Å²) in [6.45, 7) is 0. The number of anilines is 1. The van der Waals surface area contributed by atoms with Gasteiger partial charge in [-0.1, -0.05) is 0 Å². The van der Waals surface area contributed by atoms with Gasteiger partial charge in [0.1, 0.15) is 0 Å². The van der Waals surface area contributed by atoms with Gasteiger partial charge in [0.25, 0.3) is 0 Å². The Balaban J connectivity index is 1.79. The van der Waals surface area contributed by atoms with E-state index >= 15 is 0 Å². The molecule has 1 aromatic heterocycles. The average molecular weight is 286 g/mol. The Bertz CT molecular complexity index is 465. The minimum atomic E-state index is -2.54. The first-order valence-electron chi connectivity index (χ1n) is 6.79. The van der Waals surface area contributed by atoms with Crippen LogP contribution in [0.25, 0.3) is 0 Å². The third-order valence-electron chi connectivity index (χ3n) is 3.73. The molecule has 1 aliphatic carbocycles. The summed E-state index contributed by atoms with van der Waals surface area (Å²) >= 11 is 0. The maximum atomic E-state index is 13.0. The van der Waals surface area contributed by atoms with Crippen LogP contribution in [-0.2, 0) is 11.8 Å². The molecular formula is C13H20F2N4O. The van der Waals surface area contributed by atoms with Crippen molar-refractivity contribution in [1.82, 2.24) is 9.78 Å². The van der Waals surface area contributed by atoms with E-state index in [1.54, 1.807) is 17.9 Å². The molecule has 0 spiro atoms. The molecule has 0 radical (unpaired) electrons. The van der Waals surface area contributed by atoms with Crippen molar-refractivity contribution in [3.63, 3.8) is 0 Å². The number of rotatable bonds is 4. The summed E-state index contributed by atoms with van der Waals surface area (Å²) in [5.74, 6) is -2.74. The van der Waals surface area contributed by atoms with E-state index in [0.29, 0.717) is 24.9 Å². The molecule has 0 aliphatic heterocycles. The molecule has 1 atom stereocenters. The Hall–Kier alpha value is -1.50. The average Bonchev–Trinajstić information content (AvgIpc) is 2.77. The highest BCUT2D eigenvalue weighted by molar-refractivity contribution is 5.94. The standard InChI is InChI=1S/C13H20F2N4O/c1-19-8-10(7-17-19)18-12(20)11(16)6-9-2-4-13(14,15)5-3-9/h7-9,11H,2-6,16H2,1H3,(H,18,20)/t11-/m0/s1. The highest BCUT2D eigenvalue weighted by atomic mass is 19.3. The van der Waals surface area contributed by atoms with Gasteiger partial charge in [0, 0.05) is 26.1 Å². The lowest BCUT2D eigenvalue weighted by Crippen LogP contribution is -2.38. The minimum Gasteiger partial charge on any atom is -0.322 e. The van der Waals surface area contributed by atoms with Crippen LogP contribution in [0.1, 0.15) is 32.1 Å². The number of nitrogens with two attached hydrogens (primary N) is 1. The van der Waals surface area contributed by atoms with Crippen LogP contribution in [0.2, 0.25) is 0 Å². The molecule has 1 fully saturated rings. The van der Waals surface area contributed by atoms with Crippen LogP contribution in [0, 0.1) is 5.92 Å². The summed E-state index contributed by atoms with van der Waals surface area (Å²) in [6, 6.07) is -0.674. The molecule has 3 N–H and O–H groups in total. The van der Waals surface area contributed by atoms with Gasteiger partial charge in [-0.05, 0) is 25.2 Å². The van der Waals surface area contributed by atoms with Crippen LogP contribution in [0.4, 0.5) is 14.5 Å². The van der Waals surface area contributed by atoms with Crippen molar-refractivity contribution in [2.45, 2.75) is 44.1 Å². The van der Waals surface area contributed by atoms with Crippen LogP contribution >= 0.6 is 0 Å². The normalized spacial score (nSPS) is 20.6. The lowest BCUT2D eigenvalue weighted by molar-refractivity contribution is -0.118. The van der Waals surface area contributed by atoms with Crippen LogP contribution in [-0.4, -0.2) is 27.7 Å². The van der Waals surface area contributed by atoms with E-state index in [4.69, 9.17) is 5.73 Å². The number of aromatic nitrogens is 2. The fourth-order valence-electron chi connectivity index (χ4n) is 2.52. The molecule has 1 amide bonds. The zero-order valence-electron chi connectivity index (χ0n) is 11.5. The molecule has 2 rings (SSSR count). The molecule has 1 saturated carbocycles. The number of alkyl halides is 2. The molecule has 0 aromatic carbocycles. The summed E-state index contributed by atoms with van der Waals surface area (Å²) in [6.07, 6.45) is 4.31. The Kier molecular flexibility index (Phi) is 4.37. The van der Waals surface area contributed by atoms with Crippen molar-refractivity contribution in [1.29, 1.82) is 0 Å². The van der Waals surface area contributed by atoms with Gasteiger partial charge in [0.2, 0.25) is 11.8 Å². The summed E-state index contributed by atoms with van der Waals surface area (Å²) in [5, 5.41) is 6.61. The Labute approximate surface area is 116 Å². The number of nitrogens with zero attached hydrogens (tertiary/aromatic N) is 2. The first kappa shape index (κ1) is 14.9. The minimum absolute atomic E-state index is 0.101. The Morgan fingerprint density at radius 3 is 2.80 bits per heavy atom. The second-order valence-corrected chi connectivity index (χ2v) is 5.53. The van der Waals surface area contributed by atoms with Crippen LogP contribution < -0.4 is 11.1 Å². The molecule has 1 aromatic rings. The molecule has 1 heterocycles. The summed E-state index contributed by atoms with van der Waals surface area (Å²) in [4.78, 5) is 11.9. The van der Waals surface area contributed by atoms with E-state index in [9.17, 15) is 13.6 Å². The Morgan fingerprint density at radius 2 is 2.25 bits per heavy atom. The lowest BCUT2D eigenvalue weighted by atomic mass is 9.83. The lowest BCUT2D eigenvalue weighted by Gasteiger charge is -2.29. The van der Waals surface area contributed by atoms with Gasteiger partial charge in [0.15, 0.2) is 0 Å². The zero-order chi connectivity index (χ0) is 14.8. The van der Waals surface area contributed by atoms with Gasteiger partial charge in [-0.3, -0.25) is 9.48 Å². The molecular weight excluding hydrogens is 266 g/mol. The van der Waals surface area contributed by atoms with Gasteiger partial charge in [-0.2, -0.15) is 5.10 Å². The van der Waals surface area contributed by atoms with Crippen LogP contribution in [0.5, 0.6) is 0 Å². The fourth-order valence-corrected chi connectivity index (χ4v) is 2.52. The predicted octanol–water partition coefficient (Wildman–Crippen LogP) is 1.90. The summed E-state index contributed by atoms with van der Waals surface area (Å²) in [7, 11) is 1.75. The molecule has 112 valence electrons. The van der Waals surface area contributed by atoms with Gasteiger partial charge >= 0.3 is 0 Å². The first-order valence-corrected chi connectivity index (χ1v) is 6.79. The monoisotopic (exact) mass is 286 g/mol. The number of carbonyl (C=O) groups is 1. The van der Waals surface area contributed by atoms with E-state index in [1.807, 2.05) is 0 Å². The fraction of sp³-hybridized carbons (Fsp3) is 0.692. The number of carbonyl (C=O) groups excluding carboxylic acids is 1. The molecule has 5 nitrogen and oxygen atoms in total. The van der Waals surface area contributed by atoms with Crippen molar-refractivity contribution in [3.8, 4) is 0 Å². The highest BCUT2D eigenvalue weighted by Crippen LogP contribution is 2.37. The number of nitrogens with one attached hydrogen (secondary N) is 1. The largest absolute Gasteiger partial charge is 0.322 e. The van der Waals surface area contributed by atoms with Crippen molar-refractivity contribution < 1.29 is 13.6 Å². The number of halogens is 2. The molecule has 1 aliphatic rings. The van der Waals surface area contributed by atoms with Gasteiger partial charge in [-0.15, -0.1) is 0 Å². The molecule has 7 heteroatoms. The van der Waals surface area contributed by atoms with Crippen LogP contribution in [0.15, 0.2) is 12.4 Å². The first-order chi connectivity index (χ1) is 9.35. The van der Waals surface area contributed by atoms with Gasteiger partial charge < -0.3 is 11.1 Å². The quantitative estimate of drug-likeness (QED) is 0.888. The topological polar surface area (TPSA) is 72.9 Å². The smallest absolute Gasteiger partial charge is 0.248 e. The number of hydrogen-bond acceptors (Lipinski definition) is 3. The molecule has 0 bridgehead atoms. The van der Waals surface area contributed by atoms with Crippen molar-refractivity contribution in [3.05, 3.63) is 12.4 Å². The molecule has 0 saturated heterocycles. The zero-order valence-corrected chi connectivity index (χ0v) is 11.5. The summed E-state index contributed by atoms with van der Waals surface area (Å²) < 4.78 is 27.7. The maximum absolute atomic E-state index is 13.0. The SMILES string of the molecule is Cn1cc(NC(=O)[C@@H](N)CC2CCC(F)(F)CC2)cn1. The number of aryl methyl sites for hydroxylation is 1. The maximum Gasteiger partial charge on any atom is 0.248 e. The number of amides is 1. The van der Waals surface area contributed by atoms with E-state index in [-0.39, 0.29) is 24.7 Å². The summed E-state index contributed by atoms with van der Waals surface area (Å²) in [5.41, 5.74) is 6.43. The van der Waals surface area contributed by atoms with Crippen molar-refractivity contribution in [2.75, 3.05) is 5.32 Å². The van der Waals surface area contributed by atoms with Gasteiger partial charge in [-0.25, -0.2) is 8.78 Å². The van der Waals surface area contributed by atoms with Crippen molar-refractivity contribution >= 4 is 11.6 Å². The second-order valence-electron chi connectivity index (χ2n) is 5.53. The molecule has 0 unspecified atom stereocenters. The number of hydrogen-bond donors (Lipinski definition) is 2. The van der Waals surface area contributed by atoms with E-state index in [1.165, 1.54) is 6.20 Å². The third-order valence-corrected chi connectivity index (χ3v) is 3.73. The second kappa shape index (κ2) is 5.87. The van der Waals surface area contributed by atoms with Crippen molar-refractivity contribution in [2.24, 2.45) is 18.7 Å². The van der Waals surface area contributed by atoms with Crippen LogP contribution in [0.3, 0.4) is 0 Å². The van der Waals surface area contributed by atoms with E-state index in [0.717, 1.165) is 0 Å². The van der Waals surface area contributed by atoms with E-state index < -0.39 is 12.0 Å². The van der Waals surface area contributed by atoms with Gasteiger partial charge in [0.05, 0.1) is 17.9 Å².